The van der Waals surface area contributed by atoms with Crippen molar-refractivity contribution in [3.05, 3.63) is 0 Å². The molecule has 0 aliphatic heterocycles. The molecular weight excluding hydrogens is 238 g/mol. The number of hydrogen-bond donors (Lipinski definition) is 1. The minimum atomic E-state index is -0.0323. The molecule has 1 aliphatic rings. The SMILES string of the molecule is COC(=O)[C@@H]1CCCCCC[C@@H]1NCCC(C)(C)C. The van der Waals surface area contributed by atoms with E-state index in [1.807, 2.05) is 0 Å². The Bertz CT molecular complexity index is 270. The minimum absolute atomic E-state index is 0.0323. The third kappa shape index (κ3) is 6.42. The molecule has 3 heteroatoms. The number of nitrogens with one attached hydrogen (secondary N) is 1. The van der Waals surface area contributed by atoms with E-state index in [-0.39, 0.29) is 11.9 Å². The van der Waals surface area contributed by atoms with E-state index >= 15 is 0 Å². The Balaban J connectivity index is 2.53. The van der Waals surface area contributed by atoms with Crippen LogP contribution in [0.1, 0.15) is 65.7 Å². The third-order valence-electron chi connectivity index (χ3n) is 4.05. The first-order valence-corrected chi connectivity index (χ1v) is 7.75. The van der Waals surface area contributed by atoms with Crippen LogP contribution in [0.2, 0.25) is 0 Å². The minimum Gasteiger partial charge on any atom is -0.469 e. The smallest absolute Gasteiger partial charge is 0.310 e. The number of carbonyl (C=O) groups excluding carboxylic acids is 1. The molecule has 3 nitrogen and oxygen atoms in total. The summed E-state index contributed by atoms with van der Waals surface area (Å²) in [6, 6.07) is 0.301. The first kappa shape index (κ1) is 16.5. The van der Waals surface area contributed by atoms with E-state index in [1.54, 1.807) is 0 Å². The molecule has 0 aromatic rings. The Labute approximate surface area is 118 Å². The van der Waals surface area contributed by atoms with Crippen molar-refractivity contribution in [3.63, 3.8) is 0 Å². The van der Waals surface area contributed by atoms with Crippen molar-refractivity contribution in [2.75, 3.05) is 13.7 Å². The van der Waals surface area contributed by atoms with Gasteiger partial charge in [-0.25, -0.2) is 0 Å². The summed E-state index contributed by atoms with van der Waals surface area (Å²) in [6.45, 7) is 7.75. The van der Waals surface area contributed by atoms with Gasteiger partial charge in [-0.05, 0) is 31.2 Å². The lowest BCUT2D eigenvalue weighted by atomic mass is 9.86. The van der Waals surface area contributed by atoms with E-state index in [1.165, 1.54) is 26.4 Å². The quantitative estimate of drug-likeness (QED) is 0.794. The van der Waals surface area contributed by atoms with Gasteiger partial charge in [-0.3, -0.25) is 4.79 Å². The Hall–Kier alpha value is -0.570. The molecule has 1 fully saturated rings. The Kier molecular flexibility index (Phi) is 6.84. The summed E-state index contributed by atoms with van der Waals surface area (Å²) in [5, 5.41) is 3.61. The van der Waals surface area contributed by atoms with Crippen LogP contribution in [0.4, 0.5) is 0 Å². The summed E-state index contributed by atoms with van der Waals surface area (Å²) in [6.07, 6.45) is 8.13. The molecule has 2 atom stereocenters. The highest BCUT2D eigenvalue weighted by atomic mass is 16.5. The maximum Gasteiger partial charge on any atom is 0.310 e. The Morgan fingerprint density at radius 2 is 1.79 bits per heavy atom. The molecule has 1 saturated carbocycles. The van der Waals surface area contributed by atoms with Gasteiger partial charge in [0.1, 0.15) is 0 Å². The summed E-state index contributed by atoms with van der Waals surface area (Å²) >= 11 is 0. The number of rotatable bonds is 4. The zero-order valence-corrected chi connectivity index (χ0v) is 13.1. The van der Waals surface area contributed by atoms with Crippen molar-refractivity contribution in [2.45, 2.75) is 71.8 Å². The molecule has 0 saturated heterocycles. The molecule has 1 aliphatic carbocycles. The molecule has 0 unspecified atom stereocenters. The van der Waals surface area contributed by atoms with E-state index in [0.717, 1.165) is 32.2 Å². The molecule has 1 rings (SSSR count). The Morgan fingerprint density at radius 3 is 2.37 bits per heavy atom. The number of carbonyl (C=O) groups is 1. The highest BCUT2D eigenvalue weighted by Gasteiger charge is 2.29. The molecule has 19 heavy (non-hydrogen) atoms. The van der Waals surface area contributed by atoms with Crippen LogP contribution in [0.5, 0.6) is 0 Å². The number of ether oxygens (including phenoxy) is 1. The molecule has 0 heterocycles. The van der Waals surface area contributed by atoms with Gasteiger partial charge < -0.3 is 10.1 Å². The van der Waals surface area contributed by atoms with Crippen LogP contribution in [0.25, 0.3) is 0 Å². The van der Waals surface area contributed by atoms with Crippen molar-refractivity contribution in [2.24, 2.45) is 11.3 Å². The lowest BCUT2D eigenvalue weighted by molar-refractivity contribution is -0.147. The van der Waals surface area contributed by atoms with Gasteiger partial charge in [0.15, 0.2) is 0 Å². The van der Waals surface area contributed by atoms with E-state index in [9.17, 15) is 4.79 Å². The maximum atomic E-state index is 11.9. The van der Waals surface area contributed by atoms with Gasteiger partial charge in [-0.15, -0.1) is 0 Å². The Morgan fingerprint density at radius 1 is 1.16 bits per heavy atom. The fourth-order valence-corrected chi connectivity index (χ4v) is 2.79. The molecule has 0 amide bonds. The molecule has 0 bridgehead atoms. The normalized spacial score (nSPS) is 25.5. The van der Waals surface area contributed by atoms with Gasteiger partial charge in [0, 0.05) is 6.04 Å². The van der Waals surface area contributed by atoms with E-state index in [4.69, 9.17) is 4.74 Å². The molecule has 0 spiro atoms. The monoisotopic (exact) mass is 269 g/mol. The lowest BCUT2D eigenvalue weighted by Gasteiger charge is -2.29. The van der Waals surface area contributed by atoms with Gasteiger partial charge >= 0.3 is 5.97 Å². The van der Waals surface area contributed by atoms with Crippen molar-refractivity contribution in [1.29, 1.82) is 0 Å². The average Bonchev–Trinajstić information content (AvgIpc) is 2.30. The third-order valence-corrected chi connectivity index (χ3v) is 4.05. The molecular formula is C16H31NO2. The summed E-state index contributed by atoms with van der Waals surface area (Å²) in [4.78, 5) is 11.9. The van der Waals surface area contributed by atoms with E-state index < -0.39 is 0 Å². The van der Waals surface area contributed by atoms with Crippen LogP contribution >= 0.6 is 0 Å². The second kappa shape index (κ2) is 7.88. The van der Waals surface area contributed by atoms with Gasteiger partial charge in [0.25, 0.3) is 0 Å². The predicted octanol–water partition coefficient (Wildman–Crippen LogP) is 3.52. The van der Waals surface area contributed by atoms with E-state index in [0.29, 0.717) is 11.5 Å². The standard InChI is InChI=1S/C16H31NO2/c1-16(2,3)11-12-17-14-10-8-6-5-7-9-13(14)15(18)19-4/h13-14,17H,5-12H2,1-4H3/t13-,14+/m1/s1. The van der Waals surface area contributed by atoms with Crippen LogP contribution in [0.3, 0.4) is 0 Å². The molecule has 0 aromatic carbocycles. The van der Waals surface area contributed by atoms with Crippen LogP contribution in [-0.4, -0.2) is 25.7 Å². The van der Waals surface area contributed by atoms with Gasteiger partial charge in [0.05, 0.1) is 13.0 Å². The molecule has 0 radical (unpaired) electrons. The van der Waals surface area contributed by atoms with Crippen LogP contribution < -0.4 is 5.32 Å². The number of methoxy groups -OCH3 is 1. The lowest BCUT2D eigenvalue weighted by Crippen LogP contribution is -2.42. The first-order valence-electron chi connectivity index (χ1n) is 7.75. The van der Waals surface area contributed by atoms with E-state index in [2.05, 4.69) is 26.1 Å². The largest absolute Gasteiger partial charge is 0.469 e. The van der Waals surface area contributed by atoms with Crippen molar-refractivity contribution >= 4 is 5.97 Å². The van der Waals surface area contributed by atoms with Crippen molar-refractivity contribution in [3.8, 4) is 0 Å². The van der Waals surface area contributed by atoms with Crippen molar-refractivity contribution < 1.29 is 9.53 Å². The fraction of sp³-hybridized carbons (Fsp3) is 0.938. The van der Waals surface area contributed by atoms with Gasteiger partial charge in [-0.1, -0.05) is 46.5 Å². The predicted molar refractivity (Wildman–Crippen MR) is 79.1 cm³/mol. The molecule has 0 aromatic heterocycles. The summed E-state index contributed by atoms with van der Waals surface area (Å²) in [5.41, 5.74) is 0.343. The zero-order chi connectivity index (χ0) is 14.3. The van der Waals surface area contributed by atoms with Crippen LogP contribution in [0.15, 0.2) is 0 Å². The van der Waals surface area contributed by atoms with Gasteiger partial charge in [0.2, 0.25) is 0 Å². The molecule has 1 N–H and O–H groups in total. The second-order valence-corrected chi connectivity index (χ2v) is 6.99. The zero-order valence-electron chi connectivity index (χ0n) is 13.1. The summed E-state index contributed by atoms with van der Waals surface area (Å²) < 4.78 is 4.98. The van der Waals surface area contributed by atoms with Crippen LogP contribution in [0, 0.1) is 11.3 Å². The van der Waals surface area contributed by atoms with Crippen molar-refractivity contribution in [1.82, 2.24) is 5.32 Å². The van der Waals surface area contributed by atoms with Crippen LogP contribution in [-0.2, 0) is 9.53 Å². The van der Waals surface area contributed by atoms with Gasteiger partial charge in [-0.2, -0.15) is 0 Å². The first-order chi connectivity index (χ1) is 8.94. The number of hydrogen-bond acceptors (Lipinski definition) is 3. The highest BCUT2D eigenvalue weighted by Crippen LogP contribution is 2.25. The fourth-order valence-electron chi connectivity index (χ4n) is 2.79. The summed E-state index contributed by atoms with van der Waals surface area (Å²) in [5.74, 6) is 0.0143. The maximum absolute atomic E-state index is 11.9. The number of esters is 1. The highest BCUT2D eigenvalue weighted by molar-refractivity contribution is 5.73. The second-order valence-electron chi connectivity index (χ2n) is 6.99. The average molecular weight is 269 g/mol. The summed E-state index contributed by atoms with van der Waals surface area (Å²) in [7, 11) is 1.51. The topological polar surface area (TPSA) is 38.3 Å². The molecule has 112 valence electrons.